The smallest absolute Gasteiger partial charge is 0.245 e. The lowest BCUT2D eigenvalue weighted by atomic mass is 9.87. The van der Waals surface area contributed by atoms with Gasteiger partial charge in [0.15, 0.2) is 0 Å². The summed E-state index contributed by atoms with van der Waals surface area (Å²) >= 11 is 0. The molecule has 1 unspecified atom stereocenters. The van der Waals surface area contributed by atoms with Crippen molar-refractivity contribution in [1.29, 1.82) is 0 Å². The second kappa shape index (κ2) is 11.5. The van der Waals surface area contributed by atoms with Crippen molar-refractivity contribution in [3.8, 4) is 0 Å². The van der Waals surface area contributed by atoms with Crippen LogP contribution in [0.4, 0.5) is 0 Å². The van der Waals surface area contributed by atoms with Gasteiger partial charge in [0.25, 0.3) is 0 Å². The van der Waals surface area contributed by atoms with Crippen molar-refractivity contribution < 1.29 is 14.4 Å². The first-order valence-corrected chi connectivity index (χ1v) is 10.8. The fourth-order valence-electron chi connectivity index (χ4n) is 3.79. The van der Waals surface area contributed by atoms with E-state index in [0.29, 0.717) is 25.3 Å². The zero-order valence-corrected chi connectivity index (χ0v) is 18.3. The van der Waals surface area contributed by atoms with Gasteiger partial charge in [-0.05, 0) is 30.6 Å². The summed E-state index contributed by atoms with van der Waals surface area (Å²) in [6.45, 7) is 11.0. The Kier molecular flexibility index (Phi) is 10.0. The van der Waals surface area contributed by atoms with E-state index in [-0.39, 0.29) is 29.6 Å². The molecule has 0 saturated carbocycles. The summed E-state index contributed by atoms with van der Waals surface area (Å²) in [6.07, 6.45) is 7.07. The lowest BCUT2D eigenvalue weighted by Crippen LogP contribution is -2.57. The molecule has 1 atom stereocenters. The Labute approximate surface area is 165 Å². The first-order chi connectivity index (χ1) is 12.7. The quantitative estimate of drug-likeness (QED) is 0.398. The Morgan fingerprint density at radius 1 is 1.07 bits per heavy atom. The highest BCUT2D eigenvalue weighted by atomic mass is 16.2. The van der Waals surface area contributed by atoms with E-state index in [4.69, 9.17) is 0 Å². The highest BCUT2D eigenvalue weighted by Crippen LogP contribution is 2.29. The minimum Gasteiger partial charge on any atom is -0.344 e. The Balaban J connectivity index is 2.77. The van der Waals surface area contributed by atoms with Crippen LogP contribution in [0.5, 0.6) is 0 Å². The second-order valence-electron chi connectivity index (χ2n) is 8.91. The van der Waals surface area contributed by atoms with Gasteiger partial charge in [-0.2, -0.15) is 0 Å². The minimum absolute atomic E-state index is 0.0873. The summed E-state index contributed by atoms with van der Waals surface area (Å²) in [5, 5.41) is 0. The van der Waals surface area contributed by atoms with E-state index in [9.17, 15) is 14.4 Å². The molecule has 1 aliphatic heterocycles. The monoisotopic (exact) mass is 380 g/mol. The summed E-state index contributed by atoms with van der Waals surface area (Å²) in [5.74, 6) is 0.148. The van der Waals surface area contributed by atoms with Crippen molar-refractivity contribution >= 4 is 17.7 Å². The van der Waals surface area contributed by atoms with E-state index in [2.05, 4.69) is 20.8 Å². The first kappa shape index (κ1) is 23.6. The summed E-state index contributed by atoms with van der Waals surface area (Å²) < 4.78 is 0. The van der Waals surface area contributed by atoms with E-state index in [1.54, 1.807) is 11.9 Å². The number of hydrogen-bond acceptors (Lipinski definition) is 3. The molecule has 5 heteroatoms. The zero-order valence-electron chi connectivity index (χ0n) is 18.3. The van der Waals surface area contributed by atoms with Crippen molar-refractivity contribution in [2.75, 3.05) is 13.6 Å². The average Bonchev–Trinajstić information content (AvgIpc) is 2.58. The molecule has 0 spiro atoms. The van der Waals surface area contributed by atoms with E-state index in [1.807, 2.05) is 13.8 Å². The third-order valence-corrected chi connectivity index (χ3v) is 5.50. The molecule has 3 amide bonds. The van der Waals surface area contributed by atoms with Gasteiger partial charge in [-0.1, -0.05) is 60.3 Å². The van der Waals surface area contributed by atoms with Gasteiger partial charge in [0, 0.05) is 26.4 Å². The van der Waals surface area contributed by atoms with Crippen molar-refractivity contribution in [2.45, 2.75) is 92.0 Å². The van der Waals surface area contributed by atoms with Crippen LogP contribution < -0.4 is 0 Å². The SMILES string of the molecule is CCCCCCN(C)C(=O)C(C(C)C)N1C(=O)CC(CCC(C)C)CC1=O. The van der Waals surface area contributed by atoms with Crippen LogP contribution in [0.25, 0.3) is 0 Å². The van der Waals surface area contributed by atoms with Crippen LogP contribution in [0.3, 0.4) is 0 Å². The van der Waals surface area contributed by atoms with E-state index in [1.165, 1.54) is 4.90 Å². The summed E-state index contributed by atoms with van der Waals surface area (Å²) in [5.41, 5.74) is 0. The predicted molar refractivity (Wildman–Crippen MR) is 109 cm³/mol. The molecule has 27 heavy (non-hydrogen) atoms. The first-order valence-electron chi connectivity index (χ1n) is 10.8. The van der Waals surface area contributed by atoms with Crippen molar-refractivity contribution in [3.05, 3.63) is 0 Å². The fraction of sp³-hybridized carbons (Fsp3) is 0.864. The molecule has 0 aromatic heterocycles. The molecular weight excluding hydrogens is 340 g/mol. The molecular formula is C22H40N2O3. The molecule has 0 aromatic rings. The molecule has 1 heterocycles. The predicted octanol–water partition coefficient (Wildman–Crippen LogP) is 4.25. The number of piperidine rings is 1. The lowest BCUT2D eigenvalue weighted by Gasteiger charge is -2.38. The van der Waals surface area contributed by atoms with Gasteiger partial charge in [0.1, 0.15) is 6.04 Å². The molecule has 1 saturated heterocycles. The number of hydrogen-bond donors (Lipinski definition) is 0. The van der Waals surface area contributed by atoms with Gasteiger partial charge >= 0.3 is 0 Å². The minimum atomic E-state index is -0.674. The van der Waals surface area contributed by atoms with Crippen molar-refractivity contribution in [1.82, 2.24) is 9.80 Å². The van der Waals surface area contributed by atoms with E-state index in [0.717, 1.165) is 38.5 Å². The maximum Gasteiger partial charge on any atom is 0.245 e. The number of unbranched alkanes of at least 4 members (excludes halogenated alkanes) is 3. The molecule has 1 rings (SSSR count). The van der Waals surface area contributed by atoms with Gasteiger partial charge in [-0.15, -0.1) is 0 Å². The van der Waals surface area contributed by atoms with Gasteiger partial charge in [0.2, 0.25) is 17.7 Å². The van der Waals surface area contributed by atoms with E-state index >= 15 is 0 Å². The number of rotatable bonds is 11. The zero-order chi connectivity index (χ0) is 20.6. The fourth-order valence-corrected chi connectivity index (χ4v) is 3.79. The number of likely N-dealkylation sites (N-methyl/N-ethyl adjacent to an activating group) is 1. The highest BCUT2D eigenvalue weighted by Gasteiger charge is 2.42. The van der Waals surface area contributed by atoms with Crippen molar-refractivity contribution in [2.24, 2.45) is 17.8 Å². The highest BCUT2D eigenvalue weighted by molar-refractivity contribution is 6.02. The van der Waals surface area contributed by atoms with Crippen LogP contribution in [-0.2, 0) is 14.4 Å². The van der Waals surface area contributed by atoms with Gasteiger partial charge in [-0.25, -0.2) is 0 Å². The Morgan fingerprint density at radius 3 is 2.15 bits per heavy atom. The third-order valence-electron chi connectivity index (χ3n) is 5.50. The molecule has 5 nitrogen and oxygen atoms in total. The Morgan fingerprint density at radius 2 is 1.67 bits per heavy atom. The number of imide groups is 1. The summed E-state index contributed by atoms with van der Waals surface area (Å²) in [4.78, 5) is 41.5. The third kappa shape index (κ3) is 7.27. The van der Waals surface area contributed by atoms with Crippen LogP contribution in [0, 0.1) is 17.8 Å². The molecule has 0 N–H and O–H groups in total. The number of likely N-dealkylation sites (tertiary alicyclic amines) is 1. The van der Waals surface area contributed by atoms with Crippen LogP contribution >= 0.6 is 0 Å². The van der Waals surface area contributed by atoms with Gasteiger partial charge in [0.05, 0.1) is 0 Å². The summed E-state index contributed by atoms with van der Waals surface area (Å²) in [6, 6.07) is -0.674. The number of carbonyl (C=O) groups is 3. The summed E-state index contributed by atoms with van der Waals surface area (Å²) in [7, 11) is 1.79. The topological polar surface area (TPSA) is 57.7 Å². The Bertz CT molecular complexity index is 484. The number of amides is 3. The molecule has 1 aliphatic rings. The van der Waals surface area contributed by atoms with Crippen LogP contribution in [-0.4, -0.2) is 47.2 Å². The lowest BCUT2D eigenvalue weighted by molar-refractivity contribution is -0.160. The standard InChI is InChI=1S/C22H40N2O3/c1-7-8-9-10-13-23(6)22(27)21(17(4)5)24-19(25)14-18(15-20(24)26)12-11-16(2)3/h16-18,21H,7-15H2,1-6H3. The molecule has 0 radical (unpaired) electrons. The normalized spacial score (nSPS) is 17.1. The van der Waals surface area contributed by atoms with Crippen LogP contribution in [0.2, 0.25) is 0 Å². The van der Waals surface area contributed by atoms with E-state index < -0.39 is 6.04 Å². The van der Waals surface area contributed by atoms with Gasteiger partial charge < -0.3 is 4.90 Å². The maximum absolute atomic E-state index is 13.0. The molecule has 0 bridgehead atoms. The second-order valence-corrected chi connectivity index (χ2v) is 8.91. The van der Waals surface area contributed by atoms with Gasteiger partial charge in [-0.3, -0.25) is 19.3 Å². The molecule has 0 aromatic carbocycles. The Hall–Kier alpha value is -1.39. The molecule has 1 fully saturated rings. The van der Waals surface area contributed by atoms with Crippen LogP contribution in [0.15, 0.2) is 0 Å². The van der Waals surface area contributed by atoms with Crippen LogP contribution in [0.1, 0.15) is 86.0 Å². The van der Waals surface area contributed by atoms with Crippen molar-refractivity contribution in [3.63, 3.8) is 0 Å². The molecule has 0 aliphatic carbocycles. The number of carbonyl (C=O) groups excluding carboxylic acids is 3. The largest absolute Gasteiger partial charge is 0.344 e. The maximum atomic E-state index is 13.0. The molecule has 156 valence electrons. The average molecular weight is 381 g/mol. The number of nitrogens with zero attached hydrogens (tertiary/aromatic N) is 2.